The largest absolute Gasteiger partial charge is 0.481 e. The quantitative estimate of drug-likeness (QED) is 0.627. The minimum absolute atomic E-state index is 0. The molecule has 2 rings (SSSR count). The van der Waals surface area contributed by atoms with E-state index >= 15 is 0 Å². The van der Waals surface area contributed by atoms with Crippen LogP contribution >= 0.6 is 37.2 Å². The van der Waals surface area contributed by atoms with Crippen LogP contribution in [-0.4, -0.2) is 59.6 Å². The minimum atomic E-state index is -0.598. The molecule has 0 spiro atoms. The summed E-state index contributed by atoms with van der Waals surface area (Å²) in [6.07, 6.45) is 9.08. The molecule has 0 aliphatic carbocycles. The molecule has 2 atom stereocenters. The SMILES string of the molecule is CCCCC(CCN1CCC[C@H]1CN1CCCC1)C(=O)O.Cl.Cl.Cl. The Balaban J connectivity index is 0. The first-order chi connectivity index (χ1) is 10.2. The van der Waals surface area contributed by atoms with E-state index in [2.05, 4.69) is 16.7 Å². The van der Waals surface area contributed by atoms with Gasteiger partial charge in [0, 0.05) is 12.6 Å². The average Bonchev–Trinajstić information content (AvgIpc) is 3.11. The number of carboxylic acids is 1. The molecule has 0 aromatic heterocycles. The first-order valence-corrected chi connectivity index (χ1v) is 8.90. The van der Waals surface area contributed by atoms with Crippen LogP contribution in [0.2, 0.25) is 0 Å². The van der Waals surface area contributed by atoms with E-state index in [4.69, 9.17) is 0 Å². The summed E-state index contributed by atoms with van der Waals surface area (Å²) in [5, 5.41) is 9.34. The van der Waals surface area contributed by atoms with Crippen LogP contribution in [0.25, 0.3) is 0 Å². The number of likely N-dealkylation sites (tertiary alicyclic amines) is 2. The summed E-state index contributed by atoms with van der Waals surface area (Å²) >= 11 is 0. The molecule has 0 amide bonds. The Morgan fingerprint density at radius 2 is 1.75 bits per heavy atom. The Bertz CT molecular complexity index is 329. The summed E-state index contributed by atoms with van der Waals surface area (Å²) in [5.74, 6) is -0.739. The van der Waals surface area contributed by atoms with E-state index < -0.39 is 5.97 Å². The van der Waals surface area contributed by atoms with Crippen LogP contribution in [0, 0.1) is 5.92 Å². The zero-order valence-electron chi connectivity index (χ0n) is 14.8. The van der Waals surface area contributed by atoms with Crippen molar-refractivity contribution in [2.24, 2.45) is 5.92 Å². The third-order valence-corrected chi connectivity index (χ3v) is 5.19. The molecule has 2 aliphatic rings. The number of carboxylic acid groups (broad SMARTS) is 1. The molecule has 0 aromatic carbocycles. The summed E-state index contributed by atoms with van der Waals surface area (Å²) in [7, 11) is 0. The second-order valence-corrected chi connectivity index (χ2v) is 6.81. The van der Waals surface area contributed by atoms with Gasteiger partial charge in [-0.15, -0.1) is 37.2 Å². The molecule has 0 saturated carbocycles. The molecule has 1 N–H and O–H groups in total. The van der Waals surface area contributed by atoms with Gasteiger partial charge in [-0.25, -0.2) is 0 Å². The topological polar surface area (TPSA) is 43.8 Å². The zero-order valence-corrected chi connectivity index (χ0v) is 17.3. The van der Waals surface area contributed by atoms with Crippen LogP contribution in [0.4, 0.5) is 0 Å². The number of nitrogens with zero attached hydrogens (tertiary/aromatic N) is 2. The normalized spacial score (nSPS) is 22.3. The van der Waals surface area contributed by atoms with Gasteiger partial charge in [0.05, 0.1) is 5.92 Å². The Morgan fingerprint density at radius 1 is 1.08 bits per heavy atom. The molecule has 24 heavy (non-hydrogen) atoms. The Hall–Kier alpha value is 0.260. The van der Waals surface area contributed by atoms with E-state index in [1.54, 1.807) is 0 Å². The molecule has 0 aromatic rings. The lowest BCUT2D eigenvalue weighted by atomic mass is 9.98. The van der Waals surface area contributed by atoms with Crippen LogP contribution in [-0.2, 0) is 4.79 Å². The fourth-order valence-corrected chi connectivity index (χ4v) is 3.82. The van der Waals surface area contributed by atoms with E-state index in [1.807, 2.05) is 0 Å². The van der Waals surface area contributed by atoms with Crippen molar-refractivity contribution in [2.75, 3.05) is 32.7 Å². The maximum atomic E-state index is 11.3. The van der Waals surface area contributed by atoms with Gasteiger partial charge in [-0.2, -0.15) is 0 Å². The smallest absolute Gasteiger partial charge is 0.306 e. The maximum absolute atomic E-state index is 11.3. The number of rotatable bonds is 9. The summed E-state index contributed by atoms with van der Waals surface area (Å²) in [4.78, 5) is 16.5. The van der Waals surface area contributed by atoms with Crippen molar-refractivity contribution < 1.29 is 9.90 Å². The second-order valence-electron chi connectivity index (χ2n) is 6.81. The van der Waals surface area contributed by atoms with Gasteiger partial charge in [0.25, 0.3) is 0 Å². The fraction of sp³-hybridized carbons (Fsp3) is 0.941. The summed E-state index contributed by atoms with van der Waals surface area (Å²) in [5.41, 5.74) is 0. The van der Waals surface area contributed by atoms with E-state index in [9.17, 15) is 9.90 Å². The Morgan fingerprint density at radius 3 is 2.33 bits per heavy atom. The van der Waals surface area contributed by atoms with Gasteiger partial charge in [-0.3, -0.25) is 9.69 Å². The molecule has 0 bridgehead atoms. The monoisotopic (exact) mass is 404 g/mol. The van der Waals surface area contributed by atoms with Crippen molar-refractivity contribution >= 4 is 43.2 Å². The zero-order chi connectivity index (χ0) is 15.1. The van der Waals surface area contributed by atoms with Crippen molar-refractivity contribution in [3.8, 4) is 0 Å². The van der Waals surface area contributed by atoms with Gasteiger partial charge in [0.1, 0.15) is 0 Å². The van der Waals surface area contributed by atoms with Crippen LogP contribution in [0.1, 0.15) is 58.3 Å². The van der Waals surface area contributed by atoms with Gasteiger partial charge >= 0.3 is 5.97 Å². The van der Waals surface area contributed by atoms with Crippen LogP contribution in [0.3, 0.4) is 0 Å². The lowest BCUT2D eigenvalue weighted by molar-refractivity contribution is -0.142. The van der Waals surface area contributed by atoms with Gasteiger partial charge in [-0.1, -0.05) is 19.8 Å². The molecular formula is C17H35Cl3N2O2. The predicted molar refractivity (Wildman–Crippen MR) is 107 cm³/mol. The highest BCUT2D eigenvalue weighted by molar-refractivity contribution is 5.86. The molecule has 2 aliphatic heterocycles. The minimum Gasteiger partial charge on any atom is -0.481 e. The number of halogens is 3. The Labute approximate surface area is 166 Å². The number of hydrogen-bond acceptors (Lipinski definition) is 3. The number of unbranched alkanes of at least 4 members (excludes halogenated alkanes) is 1. The summed E-state index contributed by atoms with van der Waals surface area (Å²) < 4.78 is 0. The lowest BCUT2D eigenvalue weighted by Crippen LogP contribution is -2.40. The van der Waals surface area contributed by atoms with E-state index in [-0.39, 0.29) is 43.1 Å². The van der Waals surface area contributed by atoms with E-state index in [1.165, 1.54) is 51.9 Å². The van der Waals surface area contributed by atoms with Gasteiger partial charge < -0.3 is 10.0 Å². The second kappa shape index (κ2) is 14.4. The first-order valence-electron chi connectivity index (χ1n) is 8.90. The molecule has 2 saturated heterocycles. The number of aliphatic carboxylic acids is 1. The molecule has 146 valence electrons. The van der Waals surface area contributed by atoms with E-state index in [0.29, 0.717) is 6.04 Å². The molecular weight excluding hydrogens is 371 g/mol. The highest BCUT2D eigenvalue weighted by Gasteiger charge is 2.28. The highest BCUT2D eigenvalue weighted by Crippen LogP contribution is 2.22. The Kier molecular flexibility index (Phi) is 15.9. The van der Waals surface area contributed by atoms with Crippen LogP contribution in [0.15, 0.2) is 0 Å². The van der Waals surface area contributed by atoms with Crippen molar-refractivity contribution in [3.63, 3.8) is 0 Å². The summed E-state index contributed by atoms with van der Waals surface area (Å²) in [6, 6.07) is 0.670. The maximum Gasteiger partial charge on any atom is 0.306 e. The molecule has 0 radical (unpaired) electrons. The fourth-order valence-electron chi connectivity index (χ4n) is 3.82. The summed E-state index contributed by atoms with van der Waals surface area (Å²) in [6.45, 7) is 7.99. The van der Waals surface area contributed by atoms with Crippen molar-refractivity contribution in [1.29, 1.82) is 0 Å². The third-order valence-electron chi connectivity index (χ3n) is 5.19. The third kappa shape index (κ3) is 8.57. The molecule has 4 nitrogen and oxygen atoms in total. The molecule has 2 fully saturated rings. The van der Waals surface area contributed by atoms with Crippen LogP contribution in [0.5, 0.6) is 0 Å². The molecule has 1 unspecified atom stereocenters. The number of carbonyl (C=O) groups is 1. The van der Waals surface area contributed by atoms with E-state index in [0.717, 1.165) is 32.2 Å². The number of hydrogen-bond donors (Lipinski definition) is 1. The van der Waals surface area contributed by atoms with Gasteiger partial charge in [0.15, 0.2) is 0 Å². The lowest BCUT2D eigenvalue weighted by Gasteiger charge is -2.29. The van der Waals surface area contributed by atoms with Crippen LogP contribution < -0.4 is 0 Å². The molecule has 7 heteroatoms. The predicted octanol–water partition coefficient (Wildman–Crippen LogP) is 4.09. The highest BCUT2D eigenvalue weighted by atomic mass is 35.5. The van der Waals surface area contributed by atoms with Crippen molar-refractivity contribution in [1.82, 2.24) is 9.80 Å². The average molecular weight is 406 g/mol. The first kappa shape index (κ1) is 26.5. The van der Waals surface area contributed by atoms with Gasteiger partial charge in [0.2, 0.25) is 0 Å². The van der Waals surface area contributed by atoms with Gasteiger partial charge in [-0.05, 0) is 64.7 Å². The van der Waals surface area contributed by atoms with Crippen molar-refractivity contribution in [3.05, 3.63) is 0 Å². The van der Waals surface area contributed by atoms with Crippen molar-refractivity contribution in [2.45, 2.75) is 64.3 Å². The standard InChI is InChI=1S/C17H32N2O2.3ClH/c1-2-3-7-15(17(20)21)9-13-19-12-6-8-16(19)14-18-10-4-5-11-18;;;/h15-16H,2-14H2,1H3,(H,20,21);3*1H/t15?,16-;;;/m0.../s1. The molecule has 2 heterocycles.